The minimum absolute atomic E-state index is 0.0726. The van der Waals surface area contributed by atoms with Gasteiger partial charge in [-0.1, -0.05) is 34.5 Å². The molecule has 1 amide bonds. The zero-order valence-corrected chi connectivity index (χ0v) is 14.3. The summed E-state index contributed by atoms with van der Waals surface area (Å²) >= 11 is 13.2. The molecule has 7 heteroatoms. The molecular weight excluding hydrogens is 358 g/mol. The summed E-state index contributed by atoms with van der Waals surface area (Å²) in [6.45, 7) is 2.16. The first-order valence-corrected chi connectivity index (χ1v) is 8.40. The lowest BCUT2D eigenvalue weighted by Crippen LogP contribution is -2.31. The third-order valence-corrected chi connectivity index (χ3v) is 4.82. The van der Waals surface area contributed by atoms with E-state index in [-0.39, 0.29) is 5.56 Å². The molecule has 2 aromatic carbocycles. The minimum Gasteiger partial charge on any atom is -0.284 e. The van der Waals surface area contributed by atoms with Crippen LogP contribution in [0.1, 0.15) is 17.3 Å². The second kappa shape index (κ2) is 6.43. The maximum Gasteiger partial charge on any atom is 0.263 e. The molecule has 0 saturated carbocycles. The largest absolute Gasteiger partial charge is 0.284 e. The summed E-state index contributed by atoms with van der Waals surface area (Å²) < 4.78 is 14.9. The Morgan fingerprint density at radius 2 is 1.91 bits per heavy atom. The van der Waals surface area contributed by atoms with Crippen LogP contribution in [0.3, 0.4) is 0 Å². The topological polar surface area (TPSA) is 33.2 Å². The third-order valence-electron chi connectivity index (χ3n) is 3.29. The predicted molar refractivity (Wildman–Crippen MR) is 93.4 cm³/mol. The monoisotopic (exact) mass is 368 g/mol. The lowest BCUT2D eigenvalue weighted by molar-refractivity contribution is 0.0984. The van der Waals surface area contributed by atoms with Gasteiger partial charge >= 0.3 is 0 Å². The van der Waals surface area contributed by atoms with Crippen LogP contribution in [0.5, 0.6) is 0 Å². The van der Waals surface area contributed by atoms with E-state index in [9.17, 15) is 9.18 Å². The van der Waals surface area contributed by atoms with Crippen LogP contribution >= 0.6 is 34.5 Å². The van der Waals surface area contributed by atoms with Crippen molar-refractivity contribution in [2.75, 3.05) is 11.4 Å². The number of rotatable bonds is 3. The summed E-state index contributed by atoms with van der Waals surface area (Å²) in [5, 5.41) is 1.38. The number of carbonyl (C=O) groups excluding carboxylic acids is 1. The molecule has 0 bridgehead atoms. The van der Waals surface area contributed by atoms with E-state index in [2.05, 4.69) is 4.98 Å². The van der Waals surface area contributed by atoms with Gasteiger partial charge in [0.15, 0.2) is 5.13 Å². The van der Waals surface area contributed by atoms with Gasteiger partial charge in [0.05, 0.1) is 15.8 Å². The highest BCUT2D eigenvalue weighted by Gasteiger charge is 2.22. The number of benzene rings is 2. The fraction of sp³-hybridized carbons (Fsp3) is 0.125. The molecule has 3 aromatic rings. The van der Waals surface area contributed by atoms with Crippen LogP contribution in [0.15, 0.2) is 36.4 Å². The second-order valence-electron chi connectivity index (χ2n) is 4.78. The summed E-state index contributed by atoms with van der Waals surface area (Å²) in [5.41, 5.74) is 0.631. The van der Waals surface area contributed by atoms with Crippen molar-refractivity contribution >= 4 is 55.8 Å². The van der Waals surface area contributed by atoms with Gasteiger partial charge in [-0.25, -0.2) is 9.37 Å². The second-order valence-corrected chi connectivity index (χ2v) is 6.66. The Kier molecular flexibility index (Phi) is 4.53. The van der Waals surface area contributed by atoms with Gasteiger partial charge in [-0.15, -0.1) is 0 Å². The van der Waals surface area contributed by atoms with E-state index >= 15 is 0 Å². The Labute approximate surface area is 146 Å². The first kappa shape index (κ1) is 16.2. The summed E-state index contributed by atoms with van der Waals surface area (Å²) in [6, 6.07) is 9.25. The Morgan fingerprint density at radius 1 is 1.22 bits per heavy atom. The van der Waals surface area contributed by atoms with Gasteiger partial charge in [-0.2, -0.15) is 0 Å². The van der Waals surface area contributed by atoms with Crippen LogP contribution in [0.4, 0.5) is 9.52 Å². The Hall–Kier alpha value is -1.69. The molecule has 0 aliphatic heterocycles. The highest BCUT2D eigenvalue weighted by Crippen LogP contribution is 2.31. The molecule has 0 atom stereocenters. The van der Waals surface area contributed by atoms with Crippen LogP contribution in [-0.2, 0) is 0 Å². The molecule has 0 spiro atoms. The van der Waals surface area contributed by atoms with Crippen molar-refractivity contribution in [3.8, 4) is 0 Å². The number of anilines is 1. The number of carbonyl (C=O) groups is 1. The van der Waals surface area contributed by atoms with E-state index in [0.29, 0.717) is 27.2 Å². The highest BCUT2D eigenvalue weighted by atomic mass is 35.5. The number of thiazole rings is 1. The van der Waals surface area contributed by atoms with Gasteiger partial charge in [0.1, 0.15) is 5.82 Å². The molecule has 0 unspecified atom stereocenters. The molecule has 0 radical (unpaired) electrons. The fourth-order valence-corrected chi connectivity index (χ4v) is 3.52. The van der Waals surface area contributed by atoms with Crippen LogP contribution in [0.2, 0.25) is 10.0 Å². The number of hydrogen-bond acceptors (Lipinski definition) is 3. The number of fused-ring (bicyclic) bond motifs is 1. The Bertz CT molecular complexity index is 897. The van der Waals surface area contributed by atoms with Gasteiger partial charge in [0.25, 0.3) is 5.91 Å². The molecule has 0 saturated heterocycles. The van der Waals surface area contributed by atoms with Crippen molar-refractivity contribution in [3.05, 3.63) is 57.8 Å². The molecule has 1 heterocycles. The number of halogens is 3. The molecule has 3 nitrogen and oxygen atoms in total. The Balaban J connectivity index is 2.03. The lowest BCUT2D eigenvalue weighted by Gasteiger charge is -2.18. The quantitative estimate of drug-likeness (QED) is 0.619. The predicted octanol–water partition coefficient (Wildman–Crippen LogP) is 5.41. The molecule has 0 aliphatic rings. The zero-order valence-electron chi connectivity index (χ0n) is 12.0. The smallest absolute Gasteiger partial charge is 0.263 e. The highest BCUT2D eigenvalue weighted by molar-refractivity contribution is 7.22. The molecule has 0 N–H and O–H groups in total. The van der Waals surface area contributed by atoms with Crippen molar-refractivity contribution in [2.24, 2.45) is 0 Å². The SMILES string of the molecule is CCN(C(=O)c1cc(Cl)ccc1F)c1nc2cc(Cl)ccc2s1. The normalized spacial score (nSPS) is 11.0. The first-order chi connectivity index (χ1) is 11.0. The molecule has 0 aliphatic carbocycles. The molecule has 0 fully saturated rings. The Morgan fingerprint density at radius 3 is 2.65 bits per heavy atom. The maximum atomic E-state index is 13.9. The third kappa shape index (κ3) is 3.17. The number of amides is 1. The average molecular weight is 369 g/mol. The number of aromatic nitrogens is 1. The number of nitrogens with zero attached hydrogens (tertiary/aromatic N) is 2. The minimum atomic E-state index is -0.609. The van der Waals surface area contributed by atoms with Crippen LogP contribution < -0.4 is 4.90 Å². The standard InChI is InChI=1S/C16H11Cl2FN2OS/c1-2-21(15(22)11-7-9(17)3-5-12(11)19)16-20-13-8-10(18)4-6-14(13)23-16/h3-8H,2H2,1H3. The summed E-state index contributed by atoms with van der Waals surface area (Å²) in [6.07, 6.45) is 0. The van der Waals surface area contributed by atoms with Crippen LogP contribution in [-0.4, -0.2) is 17.4 Å². The van der Waals surface area contributed by atoms with E-state index in [0.717, 1.165) is 4.70 Å². The summed E-state index contributed by atoms with van der Waals surface area (Å²) in [5.74, 6) is -1.08. The zero-order chi connectivity index (χ0) is 16.6. The first-order valence-electron chi connectivity index (χ1n) is 6.82. The molecule has 23 heavy (non-hydrogen) atoms. The van der Waals surface area contributed by atoms with Gasteiger partial charge in [0, 0.05) is 16.6 Å². The van der Waals surface area contributed by atoms with E-state index in [1.54, 1.807) is 19.1 Å². The van der Waals surface area contributed by atoms with Crippen molar-refractivity contribution in [1.82, 2.24) is 4.98 Å². The van der Waals surface area contributed by atoms with E-state index in [1.807, 2.05) is 6.07 Å². The average Bonchev–Trinajstić information content (AvgIpc) is 2.92. The van der Waals surface area contributed by atoms with Gasteiger partial charge < -0.3 is 0 Å². The molecular formula is C16H11Cl2FN2OS. The van der Waals surface area contributed by atoms with E-state index in [4.69, 9.17) is 23.2 Å². The van der Waals surface area contributed by atoms with Crippen molar-refractivity contribution < 1.29 is 9.18 Å². The van der Waals surface area contributed by atoms with Crippen molar-refractivity contribution in [2.45, 2.75) is 6.92 Å². The number of hydrogen-bond donors (Lipinski definition) is 0. The van der Waals surface area contributed by atoms with Gasteiger partial charge in [-0.3, -0.25) is 9.69 Å². The lowest BCUT2D eigenvalue weighted by atomic mass is 10.2. The van der Waals surface area contributed by atoms with Crippen molar-refractivity contribution in [3.63, 3.8) is 0 Å². The van der Waals surface area contributed by atoms with Gasteiger partial charge in [-0.05, 0) is 43.3 Å². The van der Waals surface area contributed by atoms with E-state index in [1.165, 1.54) is 34.4 Å². The summed E-state index contributed by atoms with van der Waals surface area (Å²) in [7, 11) is 0. The fourth-order valence-electron chi connectivity index (χ4n) is 2.18. The van der Waals surface area contributed by atoms with Crippen LogP contribution in [0.25, 0.3) is 10.2 Å². The van der Waals surface area contributed by atoms with E-state index < -0.39 is 11.7 Å². The maximum absolute atomic E-state index is 13.9. The van der Waals surface area contributed by atoms with Crippen LogP contribution in [0, 0.1) is 5.82 Å². The molecule has 1 aromatic heterocycles. The molecule has 3 rings (SSSR count). The summed E-state index contributed by atoms with van der Waals surface area (Å²) in [4.78, 5) is 18.5. The van der Waals surface area contributed by atoms with Crippen molar-refractivity contribution in [1.29, 1.82) is 0 Å². The molecule has 118 valence electrons. The van der Waals surface area contributed by atoms with Gasteiger partial charge in [0.2, 0.25) is 0 Å².